The van der Waals surface area contributed by atoms with E-state index in [-0.39, 0.29) is 0 Å². The topological polar surface area (TPSA) is 25.8 Å². The fraction of sp³-hybridized carbons (Fsp3) is 0.231. The summed E-state index contributed by atoms with van der Waals surface area (Å²) in [5.41, 5.74) is 2.99. The van der Waals surface area contributed by atoms with Crippen molar-refractivity contribution in [2.45, 2.75) is 19.8 Å². The lowest BCUT2D eigenvalue weighted by Gasteiger charge is -2.08. The Morgan fingerprint density at radius 1 is 1.12 bits per heavy atom. The maximum absolute atomic E-state index is 4.52. The fourth-order valence-electron chi connectivity index (χ4n) is 1.51. The van der Waals surface area contributed by atoms with Crippen LogP contribution in [0.2, 0.25) is 0 Å². The molecule has 0 bridgehead atoms. The van der Waals surface area contributed by atoms with E-state index < -0.39 is 0 Å². The van der Waals surface area contributed by atoms with Crippen LogP contribution < -0.4 is 0 Å². The van der Waals surface area contributed by atoms with Gasteiger partial charge in [0.1, 0.15) is 4.60 Å². The highest BCUT2D eigenvalue weighted by molar-refractivity contribution is 9.10. The predicted molar refractivity (Wildman–Crippen MR) is 69.3 cm³/mol. The molecule has 82 valence electrons. The second-order valence-electron chi connectivity index (χ2n) is 3.95. The normalized spacial score (nSPS) is 10.8. The van der Waals surface area contributed by atoms with E-state index in [0.29, 0.717) is 5.92 Å². The minimum Gasteiger partial charge on any atom is -0.256 e. The van der Waals surface area contributed by atoms with Gasteiger partial charge < -0.3 is 0 Å². The van der Waals surface area contributed by atoms with E-state index in [1.807, 2.05) is 36.5 Å². The first-order valence-corrected chi connectivity index (χ1v) is 6.05. The maximum atomic E-state index is 4.52. The Hall–Kier alpha value is -1.22. The van der Waals surface area contributed by atoms with Gasteiger partial charge in [0, 0.05) is 5.56 Å². The van der Waals surface area contributed by atoms with Crippen LogP contribution in [0.15, 0.2) is 41.1 Å². The van der Waals surface area contributed by atoms with Crippen LogP contribution in [0.1, 0.15) is 25.5 Å². The van der Waals surface area contributed by atoms with Gasteiger partial charge in [0.15, 0.2) is 0 Å². The lowest BCUT2D eigenvalue weighted by molar-refractivity contribution is 0.803. The fourth-order valence-corrected chi connectivity index (χ4v) is 2.26. The Kier molecular flexibility index (Phi) is 3.34. The van der Waals surface area contributed by atoms with Gasteiger partial charge in [0.25, 0.3) is 0 Å². The van der Waals surface area contributed by atoms with Crippen molar-refractivity contribution in [3.63, 3.8) is 0 Å². The number of hydrogen-bond donors (Lipinski definition) is 0. The third kappa shape index (κ3) is 2.30. The molecule has 1 aromatic heterocycles. The zero-order valence-corrected chi connectivity index (χ0v) is 10.9. The Bertz CT molecular complexity index is 481. The van der Waals surface area contributed by atoms with Gasteiger partial charge in [0.2, 0.25) is 0 Å². The van der Waals surface area contributed by atoms with Gasteiger partial charge in [-0.3, -0.25) is 4.98 Å². The summed E-state index contributed by atoms with van der Waals surface area (Å²) < 4.78 is 0.837. The lowest BCUT2D eigenvalue weighted by Crippen LogP contribution is -1.97. The standard InChI is InChI=1S/C13H13BrN2/c1-9(2)12-13(14)16-11(8-15-12)10-6-4-3-5-7-10/h3-9H,1-2H3. The molecule has 0 fully saturated rings. The molecule has 0 N–H and O–H groups in total. The number of hydrogen-bond acceptors (Lipinski definition) is 2. The van der Waals surface area contributed by atoms with Crippen LogP contribution in [0.25, 0.3) is 11.3 Å². The largest absolute Gasteiger partial charge is 0.256 e. The summed E-state index contributed by atoms with van der Waals surface area (Å²) in [6.07, 6.45) is 1.83. The van der Waals surface area contributed by atoms with Crippen molar-refractivity contribution >= 4 is 15.9 Å². The molecular formula is C13H13BrN2. The molecule has 2 aromatic rings. The number of aromatic nitrogens is 2. The quantitative estimate of drug-likeness (QED) is 0.828. The van der Waals surface area contributed by atoms with Gasteiger partial charge in [-0.25, -0.2) is 4.98 Å². The minimum atomic E-state index is 0.381. The van der Waals surface area contributed by atoms with Crippen LogP contribution in [0.4, 0.5) is 0 Å². The number of nitrogens with zero attached hydrogens (tertiary/aromatic N) is 2. The van der Waals surface area contributed by atoms with E-state index in [9.17, 15) is 0 Å². The van der Waals surface area contributed by atoms with E-state index in [1.165, 1.54) is 0 Å². The predicted octanol–water partition coefficient (Wildman–Crippen LogP) is 4.03. The average molecular weight is 277 g/mol. The highest BCUT2D eigenvalue weighted by atomic mass is 79.9. The molecule has 0 aliphatic heterocycles. The Morgan fingerprint density at radius 3 is 2.38 bits per heavy atom. The van der Waals surface area contributed by atoms with Crippen molar-refractivity contribution in [2.24, 2.45) is 0 Å². The van der Waals surface area contributed by atoms with Crippen molar-refractivity contribution in [3.05, 3.63) is 46.8 Å². The summed E-state index contributed by atoms with van der Waals surface area (Å²) in [4.78, 5) is 8.96. The molecule has 0 amide bonds. The van der Waals surface area contributed by atoms with Gasteiger partial charge in [-0.15, -0.1) is 0 Å². The summed E-state index contributed by atoms with van der Waals surface area (Å²) in [5.74, 6) is 0.381. The maximum Gasteiger partial charge on any atom is 0.128 e. The summed E-state index contributed by atoms with van der Waals surface area (Å²) in [6.45, 7) is 4.22. The van der Waals surface area contributed by atoms with Crippen LogP contribution >= 0.6 is 15.9 Å². The molecule has 0 radical (unpaired) electrons. The van der Waals surface area contributed by atoms with Gasteiger partial charge in [-0.1, -0.05) is 44.2 Å². The second-order valence-corrected chi connectivity index (χ2v) is 4.70. The summed E-state index contributed by atoms with van der Waals surface area (Å²) in [5, 5.41) is 0. The molecule has 0 spiro atoms. The van der Waals surface area contributed by atoms with E-state index in [1.54, 1.807) is 0 Å². The van der Waals surface area contributed by atoms with Crippen molar-refractivity contribution in [3.8, 4) is 11.3 Å². The van der Waals surface area contributed by atoms with Crippen molar-refractivity contribution in [2.75, 3.05) is 0 Å². The third-order valence-electron chi connectivity index (χ3n) is 2.37. The third-order valence-corrected chi connectivity index (χ3v) is 2.96. The van der Waals surface area contributed by atoms with Crippen LogP contribution in [0.5, 0.6) is 0 Å². The number of benzene rings is 1. The van der Waals surface area contributed by atoms with Crippen LogP contribution in [0.3, 0.4) is 0 Å². The number of halogens is 1. The molecule has 0 unspecified atom stereocenters. The zero-order valence-electron chi connectivity index (χ0n) is 9.31. The lowest BCUT2D eigenvalue weighted by atomic mass is 10.1. The summed E-state index contributed by atoms with van der Waals surface area (Å²) in [6, 6.07) is 10.1. The molecule has 2 rings (SSSR count). The van der Waals surface area contributed by atoms with E-state index >= 15 is 0 Å². The van der Waals surface area contributed by atoms with Gasteiger partial charge in [0.05, 0.1) is 17.6 Å². The zero-order chi connectivity index (χ0) is 11.5. The number of rotatable bonds is 2. The molecule has 3 heteroatoms. The molecular weight excluding hydrogens is 264 g/mol. The van der Waals surface area contributed by atoms with Crippen molar-refractivity contribution in [1.82, 2.24) is 9.97 Å². The van der Waals surface area contributed by atoms with Gasteiger partial charge >= 0.3 is 0 Å². The van der Waals surface area contributed by atoms with E-state index in [4.69, 9.17) is 0 Å². The molecule has 1 aromatic carbocycles. The first-order chi connectivity index (χ1) is 7.68. The van der Waals surface area contributed by atoms with E-state index in [0.717, 1.165) is 21.6 Å². The minimum absolute atomic E-state index is 0.381. The van der Waals surface area contributed by atoms with Crippen LogP contribution in [-0.4, -0.2) is 9.97 Å². The molecule has 0 aliphatic rings. The molecule has 1 heterocycles. The average Bonchev–Trinajstić information content (AvgIpc) is 2.29. The van der Waals surface area contributed by atoms with Crippen molar-refractivity contribution < 1.29 is 0 Å². The first-order valence-electron chi connectivity index (χ1n) is 5.26. The molecule has 0 saturated heterocycles. The summed E-state index contributed by atoms with van der Waals surface area (Å²) in [7, 11) is 0. The highest BCUT2D eigenvalue weighted by Crippen LogP contribution is 2.24. The van der Waals surface area contributed by atoms with Gasteiger partial charge in [-0.2, -0.15) is 0 Å². The molecule has 0 atom stereocenters. The molecule has 16 heavy (non-hydrogen) atoms. The monoisotopic (exact) mass is 276 g/mol. The highest BCUT2D eigenvalue weighted by Gasteiger charge is 2.09. The molecule has 0 aliphatic carbocycles. The smallest absolute Gasteiger partial charge is 0.128 e. The SMILES string of the molecule is CC(C)c1ncc(-c2ccccc2)nc1Br. The Balaban J connectivity index is 2.43. The summed E-state index contributed by atoms with van der Waals surface area (Å²) >= 11 is 3.47. The van der Waals surface area contributed by atoms with Gasteiger partial charge in [-0.05, 0) is 21.8 Å². The van der Waals surface area contributed by atoms with E-state index in [2.05, 4.69) is 39.7 Å². The van der Waals surface area contributed by atoms with Crippen molar-refractivity contribution in [1.29, 1.82) is 0 Å². The van der Waals surface area contributed by atoms with Crippen LogP contribution in [0, 0.1) is 0 Å². The van der Waals surface area contributed by atoms with Crippen LogP contribution in [-0.2, 0) is 0 Å². The molecule has 0 saturated carbocycles. The first kappa shape index (κ1) is 11.3. The second kappa shape index (κ2) is 4.74. The Morgan fingerprint density at radius 2 is 1.81 bits per heavy atom. The molecule has 2 nitrogen and oxygen atoms in total. The Labute approximate surface area is 104 Å².